The molecule has 1 N–H and O–H groups in total. The van der Waals surface area contributed by atoms with Crippen molar-refractivity contribution in [1.29, 1.82) is 0 Å². The van der Waals surface area contributed by atoms with Gasteiger partial charge in [-0.2, -0.15) is 0 Å². The summed E-state index contributed by atoms with van der Waals surface area (Å²) >= 11 is -2.20. The normalized spacial score (nSPS) is 14.6. The number of amides is 3. The maximum atomic E-state index is 12.2. The maximum absolute atomic E-state index is 12.2. The van der Waals surface area contributed by atoms with Gasteiger partial charge in [0, 0.05) is 0 Å². The summed E-state index contributed by atoms with van der Waals surface area (Å²) in [5.41, 5.74) is 0.626. The molecule has 3 amide bonds. The van der Waals surface area contributed by atoms with Crippen LogP contribution in [0, 0.1) is 0 Å². The molecule has 1 aromatic rings. The van der Waals surface area contributed by atoms with Gasteiger partial charge in [0.25, 0.3) is 0 Å². The average Bonchev–Trinajstić information content (AvgIpc) is 2.78. The van der Waals surface area contributed by atoms with Gasteiger partial charge in [-0.15, -0.1) is 0 Å². The predicted octanol–water partition coefficient (Wildman–Crippen LogP) is 0.887. The molecule has 0 radical (unpaired) electrons. The third-order valence-electron chi connectivity index (χ3n) is 3.51. The van der Waals surface area contributed by atoms with E-state index >= 15 is 0 Å². The van der Waals surface area contributed by atoms with Crippen molar-refractivity contribution in [2.24, 2.45) is 0 Å². The second kappa shape index (κ2) is 6.64. The zero-order valence-electron chi connectivity index (χ0n) is 13.1. The van der Waals surface area contributed by atoms with Crippen molar-refractivity contribution in [3.05, 3.63) is 42.0 Å². The first kappa shape index (κ1) is 16.7. The van der Waals surface area contributed by atoms with Crippen LogP contribution < -0.4 is 8.90 Å². The van der Waals surface area contributed by atoms with Gasteiger partial charge in [0.1, 0.15) is 0 Å². The Balaban J connectivity index is 1.93. The summed E-state index contributed by atoms with van der Waals surface area (Å²) in [5.74, 6) is -0.837. The Kier molecular flexibility index (Phi) is 5.05. The Morgan fingerprint density at radius 2 is 1.77 bits per heavy atom. The van der Waals surface area contributed by atoms with Crippen molar-refractivity contribution in [2.45, 2.75) is 14.8 Å². The van der Waals surface area contributed by atoms with Gasteiger partial charge in [0.2, 0.25) is 0 Å². The first-order chi connectivity index (χ1) is 10.3. The van der Waals surface area contributed by atoms with Crippen molar-refractivity contribution in [3.63, 3.8) is 0 Å². The first-order valence-corrected chi connectivity index (χ1v) is 17.2. The fraction of sp³-hybridized carbons (Fsp3) is 0.312. The minimum atomic E-state index is -2.20. The fourth-order valence-corrected chi connectivity index (χ4v) is 5.54. The zero-order valence-corrected chi connectivity index (χ0v) is 15.9. The number of benzene rings is 1. The van der Waals surface area contributed by atoms with Gasteiger partial charge >= 0.3 is 134 Å². The van der Waals surface area contributed by atoms with Gasteiger partial charge in [-0.25, -0.2) is 0 Å². The van der Waals surface area contributed by atoms with Crippen LogP contribution in [0.2, 0.25) is 14.8 Å². The van der Waals surface area contributed by atoms with Gasteiger partial charge < -0.3 is 0 Å². The summed E-state index contributed by atoms with van der Waals surface area (Å²) in [6.07, 6.45) is 2.48. The molecule has 1 aliphatic rings. The van der Waals surface area contributed by atoms with Crippen LogP contribution in [-0.4, -0.2) is 54.1 Å². The van der Waals surface area contributed by atoms with E-state index in [-0.39, 0.29) is 30.8 Å². The number of hydrogen-bond donors (Lipinski definition) is 1. The summed E-state index contributed by atoms with van der Waals surface area (Å²) < 4.78 is 1.29. The SMILES string of the molecule is [CH3][Sn]([CH3])([CH3])[c]1cccc(C(=O)NCCN2C(=O)C=CC2=O)c1. The molecule has 1 aliphatic heterocycles. The van der Waals surface area contributed by atoms with Crippen LogP contribution >= 0.6 is 0 Å². The molecule has 1 heterocycles. The fourth-order valence-electron chi connectivity index (χ4n) is 2.16. The van der Waals surface area contributed by atoms with E-state index in [1.54, 1.807) is 6.07 Å². The number of hydrogen-bond acceptors (Lipinski definition) is 3. The van der Waals surface area contributed by atoms with Gasteiger partial charge in [-0.3, -0.25) is 0 Å². The predicted molar refractivity (Wildman–Crippen MR) is 87.6 cm³/mol. The van der Waals surface area contributed by atoms with E-state index < -0.39 is 18.4 Å². The van der Waals surface area contributed by atoms with E-state index in [1.807, 2.05) is 12.1 Å². The van der Waals surface area contributed by atoms with Crippen LogP contribution in [0.4, 0.5) is 0 Å². The molecule has 0 spiro atoms. The molecule has 0 aromatic heterocycles. The van der Waals surface area contributed by atoms with E-state index in [2.05, 4.69) is 26.2 Å². The van der Waals surface area contributed by atoms with E-state index in [0.29, 0.717) is 5.56 Å². The molecule has 0 fully saturated rings. The summed E-state index contributed by atoms with van der Waals surface area (Å²) in [5, 5.41) is 2.76. The number of nitrogens with zero attached hydrogens (tertiary/aromatic N) is 1. The number of rotatable bonds is 5. The molecular formula is C16H20N2O3Sn. The van der Waals surface area contributed by atoms with Crippen molar-refractivity contribution >= 4 is 39.7 Å². The molecule has 0 aliphatic carbocycles. The second-order valence-corrected chi connectivity index (χ2v) is 20.7. The van der Waals surface area contributed by atoms with Crippen LogP contribution in [0.1, 0.15) is 10.4 Å². The summed E-state index contributed by atoms with van der Waals surface area (Å²) in [4.78, 5) is 43.0. The molecule has 2 rings (SSSR count). The van der Waals surface area contributed by atoms with Gasteiger partial charge in [0.15, 0.2) is 0 Å². The first-order valence-electron chi connectivity index (χ1n) is 7.21. The number of carbonyl (C=O) groups is 3. The van der Waals surface area contributed by atoms with Gasteiger partial charge in [-0.1, -0.05) is 0 Å². The third kappa shape index (κ3) is 3.97. The quantitative estimate of drug-likeness (QED) is 0.583. The molecule has 0 atom stereocenters. The van der Waals surface area contributed by atoms with Crippen molar-refractivity contribution in [2.75, 3.05) is 13.1 Å². The van der Waals surface area contributed by atoms with Crippen LogP contribution in [0.3, 0.4) is 0 Å². The average molecular weight is 407 g/mol. The summed E-state index contributed by atoms with van der Waals surface area (Å²) in [7, 11) is 0. The Morgan fingerprint density at radius 3 is 2.36 bits per heavy atom. The monoisotopic (exact) mass is 408 g/mol. The molecule has 1 aromatic carbocycles. The van der Waals surface area contributed by atoms with Crippen LogP contribution in [-0.2, 0) is 9.59 Å². The molecule has 0 bridgehead atoms. The topological polar surface area (TPSA) is 66.5 Å². The van der Waals surface area contributed by atoms with Crippen molar-refractivity contribution in [1.82, 2.24) is 10.2 Å². The Morgan fingerprint density at radius 1 is 1.14 bits per heavy atom. The van der Waals surface area contributed by atoms with Crippen LogP contribution in [0.25, 0.3) is 0 Å². The van der Waals surface area contributed by atoms with E-state index in [1.165, 1.54) is 15.7 Å². The third-order valence-corrected chi connectivity index (χ3v) is 9.34. The standard InChI is InChI=1S/C13H11N2O3.3CH3.Sn/c16-11-6-7-12(17)15(11)9-8-14-13(18)10-4-2-1-3-5-10;;;;/h1-2,4-7H,8-9H2,(H,14,18);3*1H3;. The molecular weight excluding hydrogens is 387 g/mol. The van der Waals surface area contributed by atoms with E-state index in [4.69, 9.17) is 0 Å². The summed E-state index contributed by atoms with van der Waals surface area (Å²) in [6.45, 7) is 0.440. The Labute approximate surface area is 134 Å². The van der Waals surface area contributed by atoms with E-state index in [9.17, 15) is 14.4 Å². The number of nitrogens with one attached hydrogen (secondary N) is 1. The van der Waals surface area contributed by atoms with E-state index in [0.717, 1.165) is 4.90 Å². The number of imide groups is 1. The van der Waals surface area contributed by atoms with Crippen molar-refractivity contribution < 1.29 is 14.4 Å². The summed E-state index contributed by atoms with van der Waals surface area (Å²) in [6, 6.07) is 7.73. The van der Waals surface area contributed by atoms with Crippen LogP contribution in [0.15, 0.2) is 36.4 Å². The van der Waals surface area contributed by atoms with Gasteiger partial charge in [-0.05, 0) is 0 Å². The minimum absolute atomic E-state index is 0.176. The van der Waals surface area contributed by atoms with Crippen molar-refractivity contribution in [3.8, 4) is 0 Å². The Hall–Kier alpha value is -1.63. The molecule has 6 heteroatoms. The molecule has 0 saturated carbocycles. The van der Waals surface area contributed by atoms with Crippen LogP contribution in [0.5, 0.6) is 0 Å². The second-order valence-electron chi connectivity index (χ2n) is 6.25. The molecule has 116 valence electrons. The Bertz CT molecular complexity index is 629. The molecule has 22 heavy (non-hydrogen) atoms. The van der Waals surface area contributed by atoms with Gasteiger partial charge in [0.05, 0.1) is 0 Å². The molecule has 5 nitrogen and oxygen atoms in total. The molecule has 0 unspecified atom stereocenters. The zero-order chi connectivity index (χ0) is 16.3. The number of carbonyl (C=O) groups excluding carboxylic acids is 3. The molecule has 0 saturated heterocycles.